The molecule has 3 amide bonds. The monoisotopic (exact) mass is 598 g/mol. The summed E-state index contributed by atoms with van der Waals surface area (Å²) < 4.78 is 12.2. The van der Waals surface area contributed by atoms with Gasteiger partial charge in [-0.1, -0.05) is 36.4 Å². The molecule has 2 aromatic rings. The van der Waals surface area contributed by atoms with Gasteiger partial charge in [0.05, 0.1) is 25.8 Å². The number of imide groups is 1. The zero-order valence-electron chi connectivity index (χ0n) is 17.6. The highest BCUT2D eigenvalue weighted by Gasteiger charge is 2.36. The zero-order valence-corrected chi connectivity index (χ0v) is 21.3. The van der Waals surface area contributed by atoms with Crippen LogP contribution in [0, 0.1) is 3.57 Å². The number of halogens is 2. The van der Waals surface area contributed by atoms with Crippen LogP contribution in [-0.4, -0.2) is 41.7 Å². The molecule has 0 spiro atoms. The number of anilines is 1. The summed E-state index contributed by atoms with van der Waals surface area (Å²) in [5.74, 6) is 0.0394. The van der Waals surface area contributed by atoms with Crippen LogP contribution in [0.2, 0.25) is 5.02 Å². The summed E-state index contributed by atoms with van der Waals surface area (Å²) in [6, 6.07) is 10.3. The molecule has 0 radical (unpaired) electrons. The third-order valence-corrected chi connectivity index (χ3v) is 6.34. The minimum atomic E-state index is -0.542. The molecule has 0 bridgehead atoms. The van der Waals surface area contributed by atoms with E-state index < -0.39 is 23.6 Å². The van der Waals surface area contributed by atoms with Crippen molar-refractivity contribution in [2.45, 2.75) is 6.92 Å². The van der Waals surface area contributed by atoms with Crippen molar-refractivity contribution >= 4 is 74.8 Å². The molecule has 1 fully saturated rings. The molecular formula is C23H20ClIN2O5S. The average molecular weight is 599 g/mol. The van der Waals surface area contributed by atoms with Gasteiger partial charge in [0, 0.05) is 0 Å². The van der Waals surface area contributed by atoms with Crippen molar-refractivity contribution in [3.63, 3.8) is 0 Å². The van der Waals surface area contributed by atoms with E-state index in [1.165, 1.54) is 0 Å². The molecular weight excluding hydrogens is 579 g/mol. The number of ether oxygens (including phenoxy) is 2. The number of amides is 3. The molecule has 1 heterocycles. The number of carbonyl (C=O) groups excluding carboxylic acids is 3. The van der Waals surface area contributed by atoms with Gasteiger partial charge in [0.25, 0.3) is 11.1 Å². The predicted molar refractivity (Wildman–Crippen MR) is 139 cm³/mol. The van der Waals surface area contributed by atoms with Crippen molar-refractivity contribution in [1.29, 1.82) is 0 Å². The molecule has 0 saturated carbocycles. The molecule has 0 atom stereocenters. The van der Waals surface area contributed by atoms with Gasteiger partial charge in [0.2, 0.25) is 5.91 Å². The minimum Gasteiger partial charge on any atom is -0.490 e. The van der Waals surface area contributed by atoms with E-state index in [2.05, 4.69) is 34.5 Å². The minimum absolute atomic E-state index is 0.212. The second-order valence-electron chi connectivity index (χ2n) is 6.66. The quantitative estimate of drug-likeness (QED) is 0.230. The molecule has 0 aromatic heterocycles. The Balaban J connectivity index is 1.78. The van der Waals surface area contributed by atoms with Crippen LogP contribution in [0.4, 0.5) is 10.5 Å². The Morgan fingerprint density at radius 1 is 1.27 bits per heavy atom. The van der Waals surface area contributed by atoms with Crippen molar-refractivity contribution in [3.8, 4) is 11.5 Å². The second-order valence-corrected chi connectivity index (χ2v) is 9.22. The summed E-state index contributed by atoms with van der Waals surface area (Å²) in [7, 11) is 0. The predicted octanol–water partition coefficient (Wildman–Crippen LogP) is 5.58. The van der Waals surface area contributed by atoms with E-state index >= 15 is 0 Å². The van der Waals surface area contributed by atoms with Gasteiger partial charge in [-0.2, -0.15) is 0 Å². The fraction of sp³-hybridized carbons (Fsp3) is 0.174. The van der Waals surface area contributed by atoms with Crippen molar-refractivity contribution in [2.24, 2.45) is 0 Å². The normalized spacial score (nSPS) is 14.5. The summed E-state index contributed by atoms with van der Waals surface area (Å²) in [4.78, 5) is 38.7. The SMILES string of the molecule is C=CCOc1c(I)cc(/C=C2/SC(=O)N(CC(=O)Nc3ccccc3Cl)C2=O)cc1OCC. The summed E-state index contributed by atoms with van der Waals surface area (Å²) in [5.41, 5.74) is 1.07. The number of nitrogens with one attached hydrogen (secondary N) is 1. The van der Waals surface area contributed by atoms with Crippen LogP contribution >= 0.6 is 46.0 Å². The molecule has 3 rings (SSSR count). The van der Waals surface area contributed by atoms with Crippen LogP contribution in [0.15, 0.2) is 54.0 Å². The van der Waals surface area contributed by atoms with E-state index in [0.717, 1.165) is 20.2 Å². The number of nitrogens with zero attached hydrogens (tertiary/aromatic N) is 1. The number of benzene rings is 2. The fourth-order valence-corrected chi connectivity index (χ4v) is 4.70. The lowest BCUT2D eigenvalue weighted by molar-refractivity contribution is -0.127. The van der Waals surface area contributed by atoms with Crippen LogP contribution in [0.3, 0.4) is 0 Å². The van der Waals surface area contributed by atoms with Gasteiger partial charge in [-0.15, -0.1) is 0 Å². The van der Waals surface area contributed by atoms with E-state index in [-0.39, 0.29) is 4.91 Å². The summed E-state index contributed by atoms with van der Waals surface area (Å²) in [5, 5.41) is 2.45. The van der Waals surface area contributed by atoms with Gasteiger partial charge in [0.1, 0.15) is 13.2 Å². The van der Waals surface area contributed by atoms with Gasteiger partial charge in [0.15, 0.2) is 11.5 Å². The molecule has 0 unspecified atom stereocenters. The first-order chi connectivity index (χ1) is 15.8. The lowest BCUT2D eigenvalue weighted by Crippen LogP contribution is -2.36. The van der Waals surface area contributed by atoms with E-state index in [9.17, 15) is 14.4 Å². The number of para-hydroxylation sites is 1. The number of carbonyl (C=O) groups is 3. The first-order valence-corrected chi connectivity index (χ1v) is 12.1. The van der Waals surface area contributed by atoms with E-state index in [4.69, 9.17) is 21.1 Å². The van der Waals surface area contributed by atoms with Crippen LogP contribution in [-0.2, 0) is 9.59 Å². The maximum Gasteiger partial charge on any atom is 0.294 e. The maximum atomic E-state index is 12.8. The van der Waals surface area contributed by atoms with Crippen LogP contribution in [0.5, 0.6) is 11.5 Å². The first-order valence-electron chi connectivity index (χ1n) is 9.83. The standard InChI is InChI=1S/C23H20ClIN2O5S/c1-3-9-32-21-16(25)10-14(11-18(21)31-4-2)12-19-22(29)27(23(30)33-19)13-20(28)26-17-8-6-5-7-15(17)24/h3,5-8,10-12H,1,4,9,13H2,2H3,(H,26,28)/b19-12+. The lowest BCUT2D eigenvalue weighted by Gasteiger charge is -2.14. The molecule has 1 aliphatic rings. The molecule has 1 aliphatic heterocycles. The van der Waals surface area contributed by atoms with Crippen molar-refractivity contribution in [2.75, 3.05) is 25.1 Å². The Morgan fingerprint density at radius 3 is 2.73 bits per heavy atom. The Kier molecular flexibility index (Phi) is 8.81. The lowest BCUT2D eigenvalue weighted by atomic mass is 10.2. The van der Waals surface area contributed by atoms with Gasteiger partial charge < -0.3 is 14.8 Å². The average Bonchev–Trinajstić information content (AvgIpc) is 3.02. The van der Waals surface area contributed by atoms with Crippen LogP contribution in [0.1, 0.15) is 12.5 Å². The number of rotatable bonds is 9. The zero-order chi connectivity index (χ0) is 24.0. The molecule has 1 saturated heterocycles. The Labute approximate surface area is 214 Å². The second kappa shape index (κ2) is 11.6. The molecule has 172 valence electrons. The summed E-state index contributed by atoms with van der Waals surface area (Å²) in [6.45, 7) is 5.85. The highest BCUT2D eigenvalue weighted by molar-refractivity contribution is 14.1. The van der Waals surface area contributed by atoms with Crippen molar-refractivity contribution < 1.29 is 23.9 Å². The van der Waals surface area contributed by atoms with Crippen molar-refractivity contribution in [3.05, 3.63) is 68.1 Å². The molecule has 33 heavy (non-hydrogen) atoms. The number of thioether (sulfide) groups is 1. The fourth-order valence-electron chi connectivity index (χ4n) is 2.90. The van der Waals surface area contributed by atoms with Gasteiger partial charge >= 0.3 is 0 Å². The summed E-state index contributed by atoms with van der Waals surface area (Å²) in [6.07, 6.45) is 3.23. The van der Waals surface area contributed by atoms with E-state index in [1.807, 2.05) is 13.0 Å². The highest BCUT2D eigenvalue weighted by atomic mass is 127. The van der Waals surface area contributed by atoms with Gasteiger partial charge in [-0.3, -0.25) is 19.3 Å². The highest BCUT2D eigenvalue weighted by Crippen LogP contribution is 2.37. The number of hydrogen-bond acceptors (Lipinski definition) is 6. The van der Waals surface area contributed by atoms with Crippen LogP contribution in [0.25, 0.3) is 6.08 Å². The van der Waals surface area contributed by atoms with Crippen molar-refractivity contribution in [1.82, 2.24) is 4.90 Å². The third-order valence-electron chi connectivity index (χ3n) is 4.30. The maximum absolute atomic E-state index is 12.8. The Bertz CT molecular complexity index is 1140. The Hall–Kier alpha value is -2.50. The molecule has 10 heteroatoms. The smallest absolute Gasteiger partial charge is 0.294 e. The topological polar surface area (TPSA) is 84.9 Å². The largest absolute Gasteiger partial charge is 0.490 e. The summed E-state index contributed by atoms with van der Waals surface area (Å²) >= 11 is 8.94. The molecule has 0 aliphatic carbocycles. The van der Waals surface area contributed by atoms with Gasteiger partial charge in [-0.05, 0) is 77.2 Å². The molecule has 2 aromatic carbocycles. The van der Waals surface area contributed by atoms with E-state index in [0.29, 0.717) is 41.0 Å². The van der Waals surface area contributed by atoms with Crippen LogP contribution < -0.4 is 14.8 Å². The number of hydrogen-bond donors (Lipinski definition) is 1. The van der Waals surface area contributed by atoms with E-state index in [1.54, 1.807) is 42.5 Å². The molecule has 1 N–H and O–H groups in total. The van der Waals surface area contributed by atoms with Gasteiger partial charge in [-0.25, -0.2) is 0 Å². The first kappa shape index (κ1) is 25.1. The molecule has 7 nitrogen and oxygen atoms in total. The Morgan fingerprint density at radius 2 is 2.03 bits per heavy atom. The third kappa shape index (κ3) is 6.30.